The third-order valence-corrected chi connectivity index (χ3v) is 5.68. The number of likely N-dealkylation sites (N-methyl/N-ethyl adjacent to an activating group) is 1. The fourth-order valence-corrected chi connectivity index (χ4v) is 4.88. The fourth-order valence-electron chi connectivity index (χ4n) is 2.55. The number of thiophene rings is 1. The highest BCUT2D eigenvalue weighted by Crippen LogP contribution is 2.42. The maximum atomic E-state index is 12.0. The van der Waals surface area contributed by atoms with Crippen LogP contribution in [0.2, 0.25) is 0 Å². The molecule has 0 amide bonds. The number of esters is 1. The van der Waals surface area contributed by atoms with Gasteiger partial charge in [0.1, 0.15) is 5.54 Å². The number of ether oxygens (including phenoxy) is 1. The van der Waals surface area contributed by atoms with Crippen LogP contribution in [0.25, 0.3) is 0 Å². The zero-order chi connectivity index (χ0) is 13.0. The molecule has 2 rings (SSSR count). The molecule has 0 saturated heterocycles. The molecule has 100 valence electrons. The van der Waals surface area contributed by atoms with Crippen LogP contribution in [0.5, 0.6) is 0 Å². The molecule has 2 unspecified atom stereocenters. The Labute approximate surface area is 116 Å². The fraction of sp³-hybridized carbons (Fsp3) is 0.615. The lowest BCUT2D eigenvalue weighted by Crippen LogP contribution is -2.50. The summed E-state index contributed by atoms with van der Waals surface area (Å²) in [6, 6.07) is 4.21. The molecule has 1 fully saturated rings. The van der Waals surface area contributed by atoms with Gasteiger partial charge >= 0.3 is 5.97 Å². The second-order valence-electron chi connectivity index (χ2n) is 4.52. The molecule has 18 heavy (non-hydrogen) atoms. The van der Waals surface area contributed by atoms with Crippen molar-refractivity contribution in [2.24, 2.45) is 0 Å². The maximum Gasteiger partial charge on any atom is 0.326 e. The number of rotatable bonds is 5. The van der Waals surface area contributed by atoms with Crippen molar-refractivity contribution in [2.75, 3.05) is 13.7 Å². The molecule has 1 heterocycles. The van der Waals surface area contributed by atoms with E-state index in [1.807, 2.05) is 18.7 Å². The quantitative estimate of drug-likeness (QED) is 0.844. The van der Waals surface area contributed by atoms with E-state index >= 15 is 0 Å². The molecule has 3 nitrogen and oxygen atoms in total. The Bertz CT molecular complexity index is 394. The molecule has 5 heteroatoms. The van der Waals surface area contributed by atoms with Gasteiger partial charge in [0, 0.05) is 5.25 Å². The summed E-state index contributed by atoms with van der Waals surface area (Å²) in [5.74, 6) is -0.112. The average Bonchev–Trinajstić information content (AvgIpc) is 3.00. The van der Waals surface area contributed by atoms with Gasteiger partial charge in [-0.15, -0.1) is 23.1 Å². The summed E-state index contributed by atoms with van der Waals surface area (Å²) in [5, 5.41) is 5.93. The highest BCUT2D eigenvalue weighted by atomic mass is 32.2. The third kappa shape index (κ3) is 2.90. The molecule has 0 aliphatic heterocycles. The Balaban J connectivity index is 2.01. The van der Waals surface area contributed by atoms with Crippen LogP contribution in [-0.4, -0.2) is 30.4 Å². The summed E-state index contributed by atoms with van der Waals surface area (Å²) in [5.41, 5.74) is -0.460. The van der Waals surface area contributed by atoms with Crippen molar-refractivity contribution in [3.8, 4) is 0 Å². The Hall–Kier alpha value is -0.520. The van der Waals surface area contributed by atoms with Crippen LogP contribution in [0, 0.1) is 0 Å². The second-order valence-corrected chi connectivity index (χ2v) is 7.07. The molecule has 1 N–H and O–H groups in total. The molecule has 1 aromatic rings. The van der Waals surface area contributed by atoms with Gasteiger partial charge in [0.05, 0.1) is 11.3 Å². The number of methoxy groups -OCH3 is 1. The van der Waals surface area contributed by atoms with Gasteiger partial charge in [0.15, 0.2) is 0 Å². The van der Waals surface area contributed by atoms with Crippen molar-refractivity contribution in [3.63, 3.8) is 0 Å². The zero-order valence-corrected chi connectivity index (χ0v) is 12.4. The number of thioether (sulfide) groups is 1. The van der Waals surface area contributed by atoms with Crippen molar-refractivity contribution < 1.29 is 9.53 Å². The smallest absolute Gasteiger partial charge is 0.326 e. The number of carbonyl (C=O) groups excluding carboxylic acids is 1. The normalized spacial score (nSPS) is 27.3. The predicted octanol–water partition coefficient (Wildman–Crippen LogP) is 2.91. The van der Waals surface area contributed by atoms with Gasteiger partial charge in [0.25, 0.3) is 0 Å². The minimum Gasteiger partial charge on any atom is -0.468 e. The van der Waals surface area contributed by atoms with Gasteiger partial charge in [-0.1, -0.05) is 13.0 Å². The van der Waals surface area contributed by atoms with Crippen molar-refractivity contribution in [1.82, 2.24) is 5.32 Å². The number of hydrogen-bond acceptors (Lipinski definition) is 5. The molecule has 0 bridgehead atoms. The van der Waals surface area contributed by atoms with Crippen LogP contribution in [-0.2, 0) is 9.53 Å². The van der Waals surface area contributed by atoms with E-state index in [0.717, 1.165) is 25.8 Å². The van der Waals surface area contributed by atoms with Gasteiger partial charge < -0.3 is 10.1 Å². The van der Waals surface area contributed by atoms with Gasteiger partial charge in [0.2, 0.25) is 0 Å². The van der Waals surface area contributed by atoms with Crippen LogP contribution in [0.15, 0.2) is 21.7 Å². The first kappa shape index (κ1) is 13.9. The van der Waals surface area contributed by atoms with Crippen molar-refractivity contribution in [2.45, 2.75) is 41.2 Å². The van der Waals surface area contributed by atoms with Crippen molar-refractivity contribution in [3.05, 3.63) is 17.5 Å². The summed E-state index contributed by atoms with van der Waals surface area (Å²) < 4.78 is 6.30. The molecular weight excluding hydrogens is 266 g/mol. The lowest BCUT2D eigenvalue weighted by Gasteiger charge is -2.27. The molecule has 1 aliphatic carbocycles. The Kier molecular flexibility index (Phi) is 4.70. The molecule has 1 saturated carbocycles. The van der Waals surface area contributed by atoms with E-state index < -0.39 is 5.54 Å². The largest absolute Gasteiger partial charge is 0.468 e. The molecule has 2 atom stereocenters. The summed E-state index contributed by atoms with van der Waals surface area (Å²) >= 11 is 3.65. The average molecular weight is 285 g/mol. The maximum absolute atomic E-state index is 12.0. The highest BCUT2D eigenvalue weighted by Gasteiger charge is 2.45. The van der Waals surface area contributed by atoms with E-state index in [1.54, 1.807) is 11.3 Å². The first-order valence-electron chi connectivity index (χ1n) is 6.24. The number of hydrogen-bond donors (Lipinski definition) is 1. The van der Waals surface area contributed by atoms with E-state index in [4.69, 9.17) is 4.74 Å². The van der Waals surface area contributed by atoms with E-state index in [0.29, 0.717) is 5.25 Å². The molecule has 0 radical (unpaired) electrons. The standard InChI is InChI=1S/C13H19NO2S2/c1-3-14-13(12(15)16-2)7-6-10(9-13)18-11-5-4-8-17-11/h4-5,8,10,14H,3,6-7,9H2,1-2H3. The van der Waals surface area contributed by atoms with E-state index in [-0.39, 0.29) is 5.97 Å². The van der Waals surface area contributed by atoms with E-state index in [1.165, 1.54) is 11.3 Å². The van der Waals surface area contributed by atoms with Gasteiger partial charge in [-0.2, -0.15) is 0 Å². The lowest BCUT2D eigenvalue weighted by molar-refractivity contribution is -0.148. The van der Waals surface area contributed by atoms with Crippen LogP contribution in [0.4, 0.5) is 0 Å². The minimum absolute atomic E-state index is 0.112. The molecule has 1 aliphatic rings. The zero-order valence-electron chi connectivity index (χ0n) is 10.8. The number of carbonyl (C=O) groups is 1. The first-order valence-corrected chi connectivity index (χ1v) is 8.00. The Morgan fingerprint density at radius 1 is 1.72 bits per heavy atom. The van der Waals surface area contributed by atoms with Gasteiger partial charge in [-0.3, -0.25) is 4.79 Å². The van der Waals surface area contributed by atoms with Gasteiger partial charge in [-0.25, -0.2) is 0 Å². The van der Waals surface area contributed by atoms with E-state index in [2.05, 4.69) is 22.8 Å². The summed E-state index contributed by atoms with van der Waals surface area (Å²) in [6.07, 6.45) is 2.79. The third-order valence-electron chi connectivity index (χ3n) is 3.34. The first-order chi connectivity index (χ1) is 8.70. The van der Waals surface area contributed by atoms with Crippen LogP contribution in [0.1, 0.15) is 26.2 Å². The summed E-state index contributed by atoms with van der Waals surface area (Å²) in [4.78, 5) is 12.0. The SMILES string of the molecule is CCNC1(C(=O)OC)CCC(Sc2cccs2)C1. The summed E-state index contributed by atoms with van der Waals surface area (Å²) in [7, 11) is 1.47. The lowest BCUT2D eigenvalue weighted by atomic mass is 9.98. The molecular formula is C13H19NO2S2. The van der Waals surface area contributed by atoms with Gasteiger partial charge in [-0.05, 0) is 37.3 Å². The molecule has 0 spiro atoms. The summed E-state index contributed by atoms with van der Waals surface area (Å²) in [6.45, 7) is 2.83. The van der Waals surface area contributed by atoms with Crippen molar-refractivity contribution >= 4 is 29.1 Å². The Morgan fingerprint density at radius 3 is 3.17 bits per heavy atom. The topological polar surface area (TPSA) is 38.3 Å². The molecule has 0 aromatic carbocycles. The van der Waals surface area contributed by atoms with Crippen LogP contribution >= 0.6 is 23.1 Å². The minimum atomic E-state index is -0.460. The second kappa shape index (κ2) is 6.08. The molecule has 1 aromatic heterocycles. The Morgan fingerprint density at radius 2 is 2.56 bits per heavy atom. The van der Waals surface area contributed by atoms with Crippen LogP contribution < -0.4 is 5.32 Å². The number of nitrogens with one attached hydrogen (secondary N) is 1. The van der Waals surface area contributed by atoms with Crippen molar-refractivity contribution in [1.29, 1.82) is 0 Å². The van der Waals surface area contributed by atoms with Crippen LogP contribution in [0.3, 0.4) is 0 Å². The predicted molar refractivity (Wildman–Crippen MR) is 76.2 cm³/mol. The van der Waals surface area contributed by atoms with E-state index in [9.17, 15) is 4.79 Å². The highest BCUT2D eigenvalue weighted by molar-refractivity contribution is 8.01. The monoisotopic (exact) mass is 285 g/mol.